The maximum absolute atomic E-state index is 6.42. The second-order valence-electron chi connectivity index (χ2n) is 8.46. The summed E-state index contributed by atoms with van der Waals surface area (Å²) in [7, 11) is 3.29. The van der Waals surface area contributed by atoms with Gasteiger partial charge in [-0.05, 0) is 62.3 Å². The average Bonchev–Trinajstić information content (AvgIpc) is 3.45. The van der Waals surface area contributed by atoms with Gasteiger partial charge in [-0.25, -0.2) is 9.97 Å². The van der Waals surface area contributed by atoms with Crippen molar-refractivity contribution in [3.8, 4) is 28.6 Å². The number of ether oxygens (including phenoxy) is 4. The maximum atomic E-state index is 6.42. The van der Waals surface area contributed by atoms with Crippen LogP contribution in [0.1, 0.15) is 12.8 Å². The van der Waals surface area contributed by atoms with Crippen LogP contribution in [0.4, 0.5) is 11.5 Å². The summed E-state index contributed by atoms with van der Waals surface area (Å²) in [6.45, 7) is 2.75. The van der Waals surface area contributed by atoms with Crippen LogP contribution in [-0.2, 0) is 4.74 Å². The van der Waals surface area contributed by atoms with Crippen molar-refractivity contribution in [2.45, 2.75) is 18.9 Å². The molecule has 0 unspecified atom stereocenters. The summed E-state index contributed by atoms with van der Waals surface area (Å²) < 4.78 is 28.7. The molecule has 5 rings (SSSR count). The predicted molar refractivity (Wildman–Crippen MR) is 137 cm³/mol. The number of fused-ring (bicyclic) bond motifs is 1. The number of nitrogens with one attached hydrogen (secondary N) is 2. The fourth-order valence-corrected chi connectivity index (χ4v) is 4.23. The Morgan fingerprint density at radius 1 is 1.00 bits per heavy atom. The van der Waals surface area contributed by atoms with E-state index in [9.17, 15) is 0 Å². The minimum Gasteiger partial charge on any atom is -0.495 e. The third-order valence-corrected chi connectivity index (χ3v) is 6.08. The molecule has 2 aromatic heterocycles. The lowest BCUT2D eigenvalue weighted by atomic mass is 10.1. The van der Waals surface area contributed by atoms with E-state index < -0.39 is 0 Å². The van der Waals surface area contributed by atoms with E-state index in [0.717, 1.165) is 53.8 Å². The zero-order valence-electron chi connectivity index (χ0n) is 20.5. The van der Waals surface area contributed by atoms with Crippen molar-refractivity contribution in [2.24, 2.45) is 0 Å². The highest BCUT2D eigenvalue weighted by Crippen LogP contribution is 2.38. The third kappa shape index (κ3) is 5.37. The quantitative estimate of drug-likeness (QED) is 0.304. The number of piperidine rings is 1. The van der Waals surface area contributed by atoms with Crippen molar-refractivity contribution < 1.29 is 23.4 Å². The fourth-order valence-electron chi connectivity index (χ4n) is 4.23. The molecular weight excluding hydrogens is 460 g/mol. The smallest absolute Gasteiger partial charge is 0.163 e. The van der Waals surface area contributed by atoms with Crippen LogP contribution >= 0.6 is 0 Å². The van der Waals surface area contributed by atoms with E-state index in [1.54, 1.807) is 20.5 Å². The van der Waals surface area contributed by atoms with Gasteiger partial charge >= 0.3 is 0 Å². The molecule has 2 N–H and O–H groups in total. The molecule has 0 spiro atoms. The Balaban J connectivity index is 1.51. The molecule has 0 radical (unpaired) electrons. The van der Waals surface area contributed by atoms with Crippen LogP contribution in [0.5, 0.6) is 17.2 Å². The molecule has 2 aromatic carbocycles. The number of hydrogen-bond acceptors (Lipinski definition) is 9. The highest BCUT2D eigenvalue weighted by molar-refractivity contribution is 5.93. The van der Waals surface area contributed by atoms with Crippen molar-refractivity contribution in [1.82, 2.24) is 15.3 Å². The average molecular weight is 491 g/mol. The number of rotatable bonds is 10. The Labute approximate surface area is 209 Å². The summed E-state index contributed by atoms with van der Waals surface area (Å²) in [4.78, 5) is 9.02. The minimum atomic E-state index is 0.111. The van der Waals surface area contributed by atoms with Gasteiger partial charge in [-0.2, -0.15) is 0 Å². The van der Waals surface area contributed by atoms with Crippen LogP contribution in [0.3, 0.4) is 0 Å². The monoisotopic (exact) mass is 490 g/mol. The van der Waals surface area contributed by atoms with Crippen LogP contribution in [0.2, 0.25) is 0 Å². The topological polar surface area (TPSA) is 99.9 Å². The normalized spacial score (nSPS) is 14.1. The number of methoxy groups -OCH3 is 2. The van der Waals surface area contributed by atoms with E-state index in [4.69, 9.17) is 23.4 Å². The van der Waals surface area contributed by atoms with Crippen LogP contribution < -0.4 is 24.8 Å². The zero-order chi connectivity index (χ0) is 24.7. The van der Waals surface area contributed by atoms with E-state index in [-0.39, 0.29) is 6.10 Å². The van der Waals surface area contributed by atoms with Crippen LogP contribution in [0.15, 0.2) is 59.5 Å². The van der Waals surface area contributed by atoms with E-state index in [1.165, 1.54) is 6.33 Å². The molecule has 0 aliphatic carbocycles. The zero-order valence-corrected chi connectivity index (χ0v) is 20.5. The highest BCUT2D eigenvalue weighted by Gasteiger charge is 2.19. The van der Waals surface area contributed by atoms with Gasteiger partial charge in [0.15, 0.2) is 11.5 Å². The van der Waals surface area contributed by atoms with E-state index in [2.05, 4.69) is 20.6 Å². The van der Waals surface area contributed by atoms with Gasteiger partial charge in [0.2, 0.25) is 0 Å². The Morgan fingerprint density at radius 2 is 1.89 bits per heavy atom. The first kappa shape index (κ1) is 23.9. The number of benzene rings is 2. The number of anilines is 2. The highest BCUT2D eigenvalue weighted by atomic mass is 16.5. The summed E-state index contributed by atoms with van der Waals surface area (Å²) in [5.74, 6) is 3.39. The number of hydrogen-bond donors (Lipinski definition) is 2. The summed E-state index contributed by atoms with van der Waals surface area (Å²) in [6, 6.07) is 13.4. The molecule has 1 saturated heterocycles. The molecule has 4 aromatic rings. The van der Waals surface area contributed by atoms with Crippen LogP contribution in [-0.4, -0.2) is 56.6 Å². The van der Waals surface area contributed by atoms with Gasteiger partial charge in [0.05, 0.1) is 31.2 Å². The van der Waals surface area contributed by atoms with Gasteiger partial charge in [-0.3, -0.25) is 0 Å². The van der Waals surface area contributed by atoms with Crippen molar-refractivity contribution >= 4 is 22.4 Å². The molecule has 0 saturated carbocycles. The van der Waals surface area contributed by atoms with Gasteiger partial charge in [-0.1, -0.05) is 0 Å². The Hall–Kier alpha value is -3.82. The van der Waals surface area contributed by atoms with Crippen LogP contribution in [0.25, 0.3) is 22.2 Å². The Morgan fingerprint density at radius 3 is 2.67 bits per heavy atom. The fraction of sp³-hybridized carbons (Fsp3) is 0.333. The lowest BCUT2D eigenvalue weighted by molar-refractivity contribution is 0.132. The lowest BCUT2D eigenvalue weighted by Gasteiger charge is -2.25. The first-order chi connectivity index (χ1) is 17.7. The molecule has 9 nitrogen and oxygen atoms in total. The first-order valence-electron chi connectivity index (χ1n) is 12.0. The van der Waals surface area contributed by atoms with Gasteiger partial charge < -0.3 is 34.0 Å². The van der Waals surface area contributed by atoms with Crippen molar-refractivity contribution in [1.29, 1.82) is 0 Å². The molecule has 0 amide bonds. The molecule has 1 aliphatic heterocycles. The molecule has 36 heavy (non-hydrogen) atoms. The first-order valence-corrected chi connectivity index (χ1v) is 12.0. The molecular formula is C27H30N4O5. The van der Waals surface area contributed by atoms with Gasteiger partial charge in [0.1, 0.15) is 36.4 Å². The lowest BCUT2D eigenvalue weighted by Crippen LogP contribution is -2.34. The molecule has 1 fully saturated rings. The molecule has 0 atom stereocenters. The predicted octanol–water partition coefficient (Wildman–Crippen LogP) is 4.80. The number of nitrogens with zero attached hydrogens (tertiary/aromatic N) is 2. The summed E-state index contributed by atoms with van der Waals surface area (Å²) in [5.41, 5.74) is 2.41. The maximum Gasteiger partial charge on any atom is 0.163 e. The second kappa shape index (κ2) is 11.3. The SMILES string of the molecule is COCCOc1cc2ncnc(Nc3cc(-c4ccco4)ccc3OC)c2cc1OC1CCNCC1. The molecule has 9 heteroatoms. The Kier molecular flexibility index (Phi) is 7.49. The van der Waals surface area contributed by atoms with E-state index in [1.807, 2.05) is 42.5 Å². The number of furan rings is 1. The van der Waals surface area contributed by atoms with Gasteiger partial charge in [0, 0.05) is 24.1 Å². The summed E-state index contributed by atoms with van der Waals surface area (Å²) in [6.07, 6.45) is 5.16. The van der Waals surface area contributed by atoms with Crippen LogP contribution in [0, 0.1) is 0 Å². The van der Waals surface area contributed by atoms with Crippen molar-refractivity contribution in [3.05, 3.63) is 55.1 Å². The molecule has 3 heterocycles. The third-order valence-electron chi connectivity index (χ3n) is 6.08. The van der Waals surface area contributed by atoms with Crippen molar-refractivity contribution in [3.63, 3.8) is 0 Å². The second-order valence-corrected chi connectivity index (χ2v) is 8.46. The Bertz CT molecular complexity index is 1290. The van der Waals surface area contributed by atoms with Crippen molar-refractivity contribution in [2.75, 3.05) is 45.8 Å². The summed E-state index contributed by atoms with van der Waals surface area (Å²) in [5, 5.41) is 7.61. The van der Waals surface area contributed by atoms with E-state index >= 15 is 0 Å². The van der Waals surface area contributed by atoms with Gasteiger partial charge in [0.25, 0.3) is 0 Å². The molecule has 188 valence electrons. The molecule has 0 bridgehead atoms. The largest absolute Gasteiger partial charge is 0.495 e. The summed E-state index contributed by atoms with van der Waals surface area (Å²) >= 11 is 0. The van der Waals surface area contributed by atoms with E-state index in [0.29, 0.717) is 36.3 Å². The minimum absolute atomic E-state index is 0.111. The standard InChI is InChI=1S/C27H30N4O5/c1-32-12-13-35-25-16-21-20(15-26(25)36-19-7-9-28-10-8-19)27(30-17-29-21)31-22-14-18(5-6-24(22)33-2)23-4-3-11-34-23/h3-6,11,14-17,19,28H,7-10,12-13H2,1-2H3,(H,29,30,31). The molecule has 1 aliphatic rings. The number of aromatic nitrogens is 2. The van der Waals surface area contributed by atoms with Gasteiger partial charge in [-0.15, -0.1) is 0 Å².